The fourth-order valence-corrected chi connectivity index (χ4v) is 5.16. The number of benzene rings is 1. The number of thiophene rings is 1. The summed E-state index contributed by atoms with van der Waals surface area (Å²) in [5.41, 5.74) is 0.577. The van der Waals surface area contributed by atoms with E-state index in [1.165, 1.54) is 21.7 Å². The van der Waals surface area contributed by atoms with Crippen LogP contribution >= 0.6 is 11.3 Å². The summed E-state index contributed by atoms with van der Waals surface area (Å²) in [6.07, 6.45) is 0. The van der Waals surface area contributed by atoms with E-state index in [0.29, 0.717) is 36.1 Å². The lowest BCUT2D eigenvalue weighted by atomic mass is 10.2. The highest BCUT2D eigenvalue weighted by atomic mass is 32.2. The fourth-order valence-electron chi connectivity index (χ4n) is 2.59. The number of hydrogen-bond donors (Lipinski definition) is 0. The number of nitrogens with zero attached hydrogens (tertiary/aromatic N) is 3. The first-order valence-corrected chi connectivity index (χ1v) is 9.34. The summed E-state index contributed by atoms with van der Waals surface area (Å²) in [6, 6.07) is 9.83. The fraction of sp³-hybridized carbons (Fsp3) is 0.286. The third-order valence-corrected chi connectivity index (χ3v) is 7.02. The van der Waals surface area contributed by atoms with Gasteiger partial charge in [-0.15, -0.1) is 11.3 Å². The third kappa shape index (κ3) is 3.07. The van der Waals surface area contributed by atoms with Crippen molar-refractivity contribution in [1.29, 1.82) is 0 Å². The van der Waals surface area contributed by atoms with Gasteiger partial charge in [-0.25, -0.2) is 8.42 Å². The minimum absolute atomic E-state index is 0.0436. The quantitative estimate of drug-likeness (QED) is 0.621. The first kappa shape index (κ1) is 15.9. The second kappa shape index (κ2) is 6.26. The van der Waals surface area contributed by atoms with Crippen molar-refractivity contribution in [2.45, 2.75) is 4.21 Å². The number of nitro benzene ring substituents is 1. The molecule has 0 bridgehead atoms. The Morgan fingerprint density at radius 3 is 2.35 bits per heavy atom. The third-order valence-electron chi connectivity index (χ3n) is 3.75. The Kier molecular flexibility index (Phi) is 4.33. The van der Waals surface area contributed by atoms with E-state index in [9.17, 15) is 18.5 Å². The van der Waals surface area contributed by atoms with Crippen LogP contribution in [0.25, 0.3) is 0 Å². The van der Waals surface area contributed by atoms with Gasteiger partial charge in [0.05, 0.1) is 4.92 Å². The number of para-hydroxylation sites is 2. The van der Waals surface area contributed by atoms with Gasteiger partial charge in [-0.3, -0.25) is 10.1 Å². The van der Waals surface area contributed by atoms with E-state index in [1.807, 2.05) is 4.90 Å². The summed E-state index contributed by atoms with van der Waals surface area (Å²) in [6.45, 7) is 1.48. The van der Waals surface area contributed by atoms with Crippen LogP contribution in [0, 0.1) is 10.1 Å². The van der Waals surface area contributed by atoms with Crippen molar-refractivity contribution in [3.8, 4) is 0 Å². The van der Waals surface area contributed by atoms with Gasteiger partial charge in [-0.05, 0) is 17.5 Å². The predicted molar refractivity (Wildman–Crippen MR) is 88.4 cm³/mol. The Morgan fingerprint density at radius 1 is 1.04 bits per heavy atom. The van der Waals surface area contributed by atoms with Crippen LogP contribution in [0.4, 0.5) is 11.4 Å². The molecule has 1 fully saturated rings. The van der Waals surface area contributed by atoms with Gasteiger partial charge in [0.1, 0.15) is 9.90 Å². The van der Waals surface area contributed by atoms with Gasteiger partial charge in [0.25, 0.3) is 15.7 Å². The van der Waals surface area contributed by atoms with Crippen LogP contribution in [0.2, 0.25) is 0 Å². The summed E-state index contributed by atoms with van der Waals surface area (Å²) < 4.78 is 26.7. The molecule has 0 amide bonds. The van der Waals surface area contributed by atoms with Gasteiger partial charge in [-0.1, -0.05) is 18.2 Å². The zero-order chi connectivity index (χ0) is 16.4. The van der Waals surface area contributed by atoms with Crippen LogP contribution < -0.4 is 4.90 Å². The van der Waals surface area contributed by atoms with Crippen molar-refractivity contribution in [3.63, 3.8) is 0 Å². The first-order valence-electron chi connectivity index (χ1n) is 7.02. The van der Waals surface area contributed by atoms with Crippen molar-refractivity contribution < 1.29 is 13.3 Å². The van der Waals surface area contributed by atoms with Gasteiger partial charge in [0, 0.05) is 32.2 Å². The number of sulfonamides is 1. The predicted octanol–water partition coefficient (Wildman–Crippen LogP) is 2.17. The van der Waals surface area contributed by atoms with Crippen LogP contribution in [0.1, 0.15) is 0 Å². The summed E-state index contributed by atoms with van der Waals surface area (Å²) >= 11 is 1.19. The summed E-state index contributed by atoms with van der Waals surface area (Å²) in [4.78, 5) is 12.6. The molecule has 0 radical (unpaired) electrons. The van der Waals surface area contributed by atoms with Crippen LogP contribution in [0.5, 0.6) is 0 Å². The minimum Gasteiger partial charge on any atom is -0.363 e. The zero-order valence-electron chi connectivity index (χ0n) is 12.2. The van der Waals surface area contributed by atoms with Gasteiger partial charge >= 0.3 is 0 Å². The van der Waals surface area contributed by atoms with Crippen molar-refractivity contribution in [2.24, 2.45) is 0 Å². The van der Waals surface area contributed by atoms with Crippen LogP contribution in [-0.4, -0.2) is 43.8 Å². The molecule has 3 rings (SSSR count). The minimum atomic E-state index is -3.46. The summed E-state index contributed by atoms with van der Waals surface area (Å²) in [7, 11) is -3.46. The highest BCUT2D eigenvalue weighted by Gasteiger charge is 2.30. The van der Waals surface area contributed by atoms with Gasteiger partial charge in [-0.2, -0.15) is 4.31 Å². The Hall–Kier alpha value is -1.97. The van der Waals surface area contributed by atoms with Gasteiger partial charge in [0.15, 0.2) is 0 Å². The molecular weight excluding hydrogens is 338 g/mol. The Balaban J connectivity index is 1.76. The molecule has 0 unspecified atom stereocenters. The molecule has 9 heteroatoms. The number of nitro groups is 1. The lowest BCUT2D eigenvalue weighted by Crippen LogP contribution is -2.48. The number of anilines is 1. The van der Waals surface area contributed by atoms with Crippen molar-refractivity contribution in [3.05, 3.63) is 51.9 Å². The van der Waals surface area contributed by atoms with E-state index in [4.69, 9.17) is 0 Å². The normalized spacial score (nSPS) is 16.4. The van der Waals surface area contributed by atoms with E-state index in [1.54, 1.807) is 35.7 Å². The number of hydrogen-bond acceptors (Lipinski definition) is 6. The standard InChI is InChI=1S/C14H15N3O4S2/c18-17(19)13-5-2-1-4-12(13)15-7-9-16(10-8-15)23(20,21)14-6-3-11-22-14/h1-6,11H,7-10H2. The topological polar surface area (TPSA) is 83.8 Å². The Morgan fingerprint density at radius 2 is 1.74 bits per heavy atom. The molecular formula is C14H15N3O4S2. The molecule has 1 saturated heterocycles. The average molecular weight is 353 g/mol. The van der Waals surface area contributed by atoms with Crippen LogP contribution in [-0.2, 0) is 10.0 Å². The second-order valence-corrected chi connectivity index (χ2v) is 8.18. The largest absolute Gasteiger partial charge is 0.363 e. The highest BCUT2D eigenvalue weighted by molar-refractivity contribution is 7.91. The maximum Gasteiger partial charge on any atom is 0.292 e. The van der Waals surface area contributed by atoms with Crippen molar-refractivity contribution in [2.75, 3.05) is 31.1 Å². The molecule has 0 atom stereocenters. The Labute approximate surface area is 138 Å². The Bertz CT molecular complexity index is 797. The van der Waals surface area contributed by atoms with Gasteiger partial charge < -0.3 is 4.90 Å². The van der Waals surface area contributed by atoms with Gasteiger partial charge in [0.2, 0.25) is 0 Å². The van der Waals surface area contributed by atoms with Crippen LogP contribution in [0.15, 0.2) is 46.0 Å². The highest BCUT2D eigenvalue weighted by Crippen LogP contribution is 2.29. The molecule has 0 N–H and O–H groups in total. The lowest BCUT2D eigenvalue weighted by molar-refractivity contribution is -0.384. The van der Waals surface area contributed by atoms with Crippen molar-refractivity contribution >= 4 is 32.7 Å². The lowest BCUT2D eigenvalue weighted by Gasteiger charge is -2.34. The molecule has 2 heterocycles. The molecule has 0 saturated carbocycles. The molecule has 23 heavy (non-hydrogen) atoms. The molecule has 1 aliphatic rings. The molecule has 0 spiro atoms. The molecule has 2 aromatic rings. The zero-order valence-corrected chi connectivity index (χ0v) is 13.8. The first-order chi connectivity index (χ1) is 11.0. The van der Waals surface area contributed by atoms with Crippen LogP contribution in [0.3, 0.4) is 0 Å². The molecule has 1 aliphatic heterocycles. The summed E-state index contributed by atoms with van der Waals surface area (Å²) in [5.74, 6) is 0. The van der Waals surface area contributed by atoms with E-state index < -0.39 is 14.9 Å². The van der Waals surface area contributed by atoms with E-state index in [2.05, 4.69) is 0 Å². The molecule has 122 valence electrons. The van der Waals surface area contributed by atoms with E-state index >= 15 is 0 Å². The maximum atomic E-state index is 12.5. The number of rotatable bonds is 4. The monoisotopic (exact) mass is 353 g/mol. The summed E-state index contributed by atoms with van der Waals surface area (Å²) in [5, 5.41) is 12.8. The smallest absolute Gasteiger partial charge is 0.292 e. The molecule has 7 nitrogen and oxygen atoms in total. The molecule has 1 aromatic carbocycles. The maximum absolute atomic E-state index is 12.5. The van der Waals surface area contributed by atoms with Crippen molar-refractivity contribution in [1.82, 2.24) is 4.31 Å². The van der Waals surface area contributed by atoms with E-state index in [0.717, 1.165) is 0 Å². The molecule has 1 aromatic heterocycles. The molecule has 0 aliphatic carbocycles. The second-order valence-electron chi connectivity index (χ2n) is 5.07. The average Bonchev–Trinajstić information content (AvgIpc) is 3.10. The number of piperazine rings is 1. The SMILES string of the molecule is O=[N+]([O-])c1ccccc1N1CCN(S(=O)(=O)c2cccs2)CC1. The van der Waals surface area contributed by atoms with E-state index in [-0.39, 0.29) is 5.69 Å².